The van der Waals surface area contributed by atoms with E-state index in [-0.39, 0.29) is 19.1 Å². The van der Waals surface area contributed by atoms with E-state index >= 15 is 0 Å². The third-order valence-electron chi connectivity index (χ3n) is 2.63. The standard InChI is InChI=1S/C8H15FO3/c1-5-4-12-6(3-10)7(11)8(5,2)9/h5-7,10-11H,3-4H2,1-2H3. The van der Waals surface area contributed by atoms with Gasteiger partial charge in [0.2, 0.25) is 0 Å². The van der Waals surface area contributed by atoms with Crippen molar-refractivity contribution in [1.82, 2.24) is 0 Å². The van der Waals surface area contributed by atoms with Gasteiger partial charge in [-0.2, -0.15) is 0 Å². The molecule has 0 bridgehead atoms. The summed E-state index contributed by atoms with van der Waals surface area (Å²) in [6, 6.07) is 0. The van der Waals surface area contributed by atoms with Crippen LogP contribution in [0.3, 0.4) is 0 Å². The molecule has 1 heterocycles. The number of rotatable bonds is 1. The molecule has 72 valence electrons. The first-order chi connectivity index (χ1) is 5.50. The van der Waals surface area contributed by atoms with Crippen molar-refractivity contribution in [2.24, 2.45) is 5.92 Å². The molecule has 0 radical (unpaired) electrons. The molecule has 0 aliphatic carbocycles. The van der Waals surface area contributed by atoms with Crippen LogP contribution in [0.5, 0.6) is 0 Å². The average Bonchev–Trinajstić information content (AvgIpc) is 2.02. The average molecular weight is 178 g/mol. The quantitative estimate of drug-likeness (QED) is 0.599. The monoisotopic (exact) mass is 178 g/mol. The van der Waals surface area contributed by atoms with Gasteiger partial charge < -0.3 is 14.9 Å². The molecule has 12 heavy (non-hydrogen) atoms. The molecule has 1 fully saturated rings. The molecule has 0 amide bonds. The summed E-state index contributed by atoms with van der Waals surface area (Å²) in [5.41, 5.74) is -1.66. The van der Waals surface area contributed by atoms with E-state index in [9.17, 15) is 9.50 Å². The van der Waals surface area contributed by atoms with Gasteiger partial charge in [0.1, 0.15) is 17.9 Å². The highest BCUT2D eigenvalue weighted by Crippen LogP contribution is 2.33. The predicted octanol–water partition coefficient (Wildman–Crippen LogP) is 0.103. The van der Waals surface area contributed by atoms with Crippen LogP contribution in [0, 0.1) is 5.92 Å². The Balaban J connectivity index is 2.71. The van der Waals surface area contributed by atoms with Crippen LogP contribution in [0.2, 0.25) is 0 Å². The number of aliphatic hydroxyl groups excluding tert-OH is 2. The number of ether oxygens (including phenoxy) is 1. The van der Waals surface area contributed by atoms with Crippen LogP contribution in [-0.2, 0) is 4.74 Å². The second-order valence-electron chi connectivity index (χ2n) is 3.55. The van der Waals surface area contributed by atoms with Crippen molar-refractivity contribution < 1.29 is 19.3 Å². The van der Waals surface area contributed by atoms with Crippen LogP contribution >= 0.6 is 0 Å². The Bertz CT molecular complexity index is 160. The summed E-state index contributed by atoms with van der Waals surface area (Å²) in [6.07, 6.45) is -2.01. The lowest BCUT2D eigenvalue weighted by Crippen LogP contribution is -2.56. The molecule has 2 N–H and O–H groups in total. The number of alkyl halides is 1. The molecule has 4 heteroatoms. The van der Waals surface area contributed by atoms with Crippen LogP contribution in [0.25, 0.3) is 0 Å². The molecular formula is C8H15FO3. The van der Waals surface area contributed by atoms with Crippen molar-refractivity contribution in [2.45, 2.75) is 31.7 Å². The molecule has 4 atom stereocenters. The lowest BCUT2D eigenvalue weighted by Gasteiger charge is -2.41. The Kier molecular flexibility index (Phi) is 2.70. The van der Waals surface area contributed by atoms with Crippen molar-refractivity contribution in [3.8, 4) is 0 Å². The summed E-state index contributed by atoms with van der Waals surface area (Å²) in [4.78, 5) is 0. The summed E-state index contributed by atoms with van der Waals surface area (Å²) < 4.78 is 18.7. The van der Waals surface area contributed by atoms with Gasteiger partial charge in [-0.3, -0.25) is 0 Å². The fourth-order valence-electron chi connectivity index (χ4n) is 1.33. The van der Waals surface area contributed by atoms with Crippen molar-refractivity contribution >= 4 is 0 Å². The predicted molar refractivity (Wildman–Crippen MR) is 41.5 cm³/mol. The highest BCUT2D eigenvalue weighted by atomic mass is 19.1. The largest absolute Gasteiger partial charge is 0.394 e. The number of hydrogen-bond donors (Lipinski definition) is 2. The summed E-state index contributed by atoms with van der Waals surface area (Å²) in [5, 5.41) is 18.1. The molecule has 0 spiro atoms. The molecular weight excluding hydrogens is 163 g/mol. The van der Waals surface area contributed by atoms with Crippen molar-refractivity contribution in [3.05, 3.63) is 0 Å². The zero-order valence-corrected chi connectivity index (χ0v) is 7.33. The zero-order valence-electron chi connectivity index (χ0n) is 7.33. The Morgan fingerprint density at radius 1 is 1.67 bits per heavy atom. The van der Waals surface area contributed by atoms with E-state index in [4.69, 9.17) is 9.84 Å². The summed E-state index contributed by atoms with van der Waals surface area (Å²) >= 11 is 0. The molecule has 3 nitrogen and oxygen atoms in total. The second-order valence-corrected chi connectivity index (χ2v) is 3.55. The van der Waals surface area contributed by atoms with E-state index in [0.29, 0.717) is 0 Å². The first-order valence-corrected chi connectivity index (χ1v) is 4.09. The lowest BCUT2D eigenvalue weighted by atomic mass is 9.83. The third-order valence-corrected chi connectivity index (χ3v) is 2.63. The maximum absolute atomic E-state index is 13.7. The van der Waals surface area contributed by atoms with E-state index in [1.54, 1.807) is 6.92 Å². The Hall–Kier alpha value is -0.190. The van der Waals surface area contributed by atoms with E-state index in [1.807, 2.05) is 0 Å². The summed E-state index contributed by atoms with van der Waals surface area (Å²) in [5.74, 6) is -0.338. The minimum atomic E-state index is -1.66. The van der Waals surface area contributed by atoms with E-state index in [1.165, 1.54) is 6.92 Å². The number of halogens is 1. The van der Waals surface area contributed by atoms with Crippen LogP contribution in [-0.4, -0.2) is 41.3 Å². The van der Waals surface area contributed by atoms with Gasteiger partial charge in [-0.1, -0.05) is 6.92 Å². The molecule has 4 unspecified atom stereocenters. The highest BCUT2D eigenvalue weighted by Gasteiger charge is 2.47. The maximum Gasteiger partial charge on any atom is 0.141 e. The maximum atomic E-state index is 13.7. The first kappa shape index (κ1) is 9.89. The molecule has 1 aliphatic rings. The van der Waals surface area contributed by atoms with E-state index in [0.717, 1.165) is 0 Å². The van der Waals surface area contributed by atoms with Gasteiger partial charge in [-0.25, -0.2) is 4.39 Å². The van der Waals surface area contributed by atoms with Crippen LogP contribution in [0.4, 0.5) is 4.39 Å². The topological polar surface area (TPSA) is 49.7 Å². The van der Waals surface area contributed by atoms with Gasteiger partial charge in [0.05, 0.1) is 13.2 Å². The van der Waals surface area contributed by atoms with Crippen molar-refractivity contribution in [2.75, 3.05) is 13.2 Å². The Morgan fingerprint density at radius 3 is 2.75 bits per heavy atom. The minimum absolute atomic E-state index is 0.245. The molecule has 1 rings (SSSR count). The van der Waals surface area contributed by atoms with Crippen LogP contribution in [0.15, 0.2) is 0 Å². The van der Waals surface area contributed by atoms with Crippen molar-refractivity contribution in [3.63, 3.8) is 0 Å². The fourth-order valence-corrected chi connectivity index (χ4v) is 1.33. The minimum Gasteiger partial charge on any atom is -0.394 e. The van der Waals surface area contributed by atoms with Gasteiger partial charge in [-0.15, -0.1) is 0 Å². The number of aliphatic hydroxyl groups is 2. The second kappa shape index (κ2) is 3.28. The molecule has 1 saturated heterocycles. The van der Waals surface area contributed by atoms with Gasteiger partial charge in [0, 0.05) is 5.92 Å². The summed E-state index contributed by atoms with van der Waals surface area (Å²) in [7, 11) is 0. The summed E-state index contributed by atoms with van der Waals surface area (Å²) in [6.45, 7) is 2.92. The van der Waals surface area contributed by atoms with Gasteiger partial charge >= 0.3 is 0 Å². The normalized spacial score (nSPS) is 49.2. The van der Waals surface area contributed by atoms with Crippen LogP contribution in [0.1, 0.15) is 13.8 Å². The molecule has 0 aromatic carbocycles. The molecule has 1 aliphatic heterocycles. The zero-order chi connectivity index (χ0) is 9.35. The third kappa shape index (κ3) is 1.46. The van der Waals surface area contributed by atoms with Gasteiger partial charge in [-0.05, 0) is 6.92 Å². The Morgan fingerprint density at radius 2 is 2.25 bits per heavy atom. The van der Waals surface area contributed by atoms with Crippen molar-refractivity contribution in [1.29, 1.82) is 0 Å². The molecule has 0 saturated carbocycles. The lowest BCUT2D eigenvalue weighted by molar-refractivity contribution is -0.187. The van der Waals surface area contributed by atoms with E-state index < -0.39 is 17.9 Å². The van der Waals surface area contributed by atoms with Gasteiger partial charge in [0.25, 0.3) is 0 Å². The van der Waals surface area contributed by atoms with E-state index in [2.05, 4.69) is 0 Å². The number of hydrogen-bond acceptors (Lipinski definition) is 3. The first-order valence-electron chi connectivity index (χ1n) is 4.09. The fraction of sp³-hybridized carbons (Fsp3) is 1.00. The van der Waals surface area contributed by atoms with Gasteiger partial charge in [0.15, 0.2) is 0 Å². The Labute approximate surface area is 71.2 Å². The molecule has 0 aromatic heterocycles. The smallest absolute Gasteiger partial charge is 0.141 e. The SMILES string of the molecule is CC1COC(CO)C(O)C1(C)F. The van der Waals surface area contributed by atoms with Crippen LogP contribution < -0.4 is 0 Å². The highest BCUT2D eigenvalue weighted by molar-refractivity contribution is 4.95. The molecule has 0 aromatic rings.